The number of aromatic nitrogens is 2. The molecule has 2 saturated heterocycles. The van der Waals surface area contributed by atoms with E-state index in [1.165, 1.54) is 39.1 Å². The van der Waals surface area contributed by atoms with Crippen LogP contribution < -0.4 is 15.2 Å². The van der Waals surface area contributed by atoms with E-state index in [0.717, 1.165) is 6.20 Å². The fourth-order valence-electron chi connectivity index (χ4n) is 6.89. The quantitative estimate of drug-likeness (QED) is 0.139. The Balaban J connectivity index is 0.000000249. The highest BCUT2D eigenvalue weighted by atomic mass is 32.2. The number of carboxylic acid groups (broad SMARTS) is 3. The summed E-state index contributed by atoms with van der Waals surface area (Å²) in [6, 6.07) is 5.46. The van der Waals surface area contributed by atoms with Crippen molar-refractivity contribution in [1.82, 2.24) is 18.6 Å². The number of halogens is 5. The van der Waals surface area contributed by atoms with Crippen LogP contribution in [0, 0.1) is 35.5 Å². The highest BCUT2D eigenvalue weighted by molar-refractivity contribution is 7.89. The fraction of sp³-hybridized carbons (Fsp3) is 0.526. The summed E-state index contributed by atoms with van der Waals surface area (Å²) in [4.78, 5) is 50.5. The molecule has 2 aromatic heterocycles. The lowest BCUT2D eigenvalue weighted by atomic mass is 10.1. The first-order valence-electron chi connectivity index (χ1n) is 19.2. The average molecular weight is 956 g/mol. The van der Waals surface area contributed by atoms with Crippen molar-refractivity contribution in [1.29, 1.82) is 0 Å². The molecule has 19 nitrogen and oxygen atoms in total. The lowest BCUT2D eigenvalue weighted by molar-refractivity contribution is -0.192. The van der Waals surface area contributed by atoms with Crippen LogP contribution in [0.3, 0.4) is 0 Å². The minimum Gasteiger partial charge on any atom is -0.481 e. The summed E-state index contributed by atoms with van der Waals surface area (Å²) in [7, 11) is -7.49. The zero-order valence-corrected chi connectivity index (χ0v) is 36.0. The van der Waals surface area contributed by atoms with Gasteiger partial charge in [-0.25, -0.2) is 40.4 Å². The van der Waals surface area contributed by atoms with Crippen molar-refractivity contribution >= 4 is 43.9 Å². The molecular formula is C38H46F5N5O14S2. The van der Waals surface area contributed by atoms with E-state index in [4.69, 9.17) is 40.1 Å². The standard InChI is InChI=1S/C21H27FN2O7S.C15H18FN3O5S.C2HF3O2/c1-21(2,3)31-18(25)7-4-13(8-22)12-30-17-6-5-14(9-23-17)32(28,29)24-10-15-16(11-24)19(15)20(26)27;16-3-9(4-17)8-24-13-2-1-10(5-18-13)25(22,23)19-6-11-12(7-19)14(11)15(20)21;3-2(4,5)1(6)7/h5-6,8-9,15-16,19H,4,7,10-12H2,1-3H3,(H,26,27);1-3,5,11-12,14H,4,6-8,17H2,(H,20,21);(H,6,7)/b;9-3+;/t15-,16+,19?;11-,12+,14?;. The Hall–Kier alpha value is -5.31. The van der Waals surface area contributed by atoms with Gasteiger partial charge in [0.05, 0.1) is 36.9 Å². The Morgan fingerprint density at radius 3 is 1.38 bits per heavy atom. The zero-order valence-electron chi connectivity index (χ0n) is 34.4. The number of piperidine rings is 2. The van der Waals surface area contributed by atoms with Gasteiger partial charge in [-0.2, -0.15) is 21.8 Å². The summed E-state index contributed by atoms with van der Waals surface area (Å²) in [5.41, 5.74) is 5.18. The number of esters is 1. The molecule has 354 valence electrons. The van der Waals surface area contributed by atoms with Crippen molar-refractivity contribution in [3.8, 4) is 11.8 Å². The van der Waals surface area contributed by atoms with E-state index in [0.29, 0.717) is 12.7 Å². The molecule has 2 aliphatic heterocycles. The Morgan fingerprint density at radius 1 is 0.719 bits per heavy atom. The number of carbonyl (C=O) groups excluding carboxylic acids is 1. The fourth-order valence-corrected chi connectivity index (χ4v) is 9.81. The van der Waals surface area contributed by atoms with E-state index in [1.54, 1.807) is 20.8 Å². The summed E-state index contributed by atoms with van der Waals surface area (Å²) in [5, 5.41) is 25.2. The third-order valence-corrected chi connectivity index (χ3v) is 13.9. The molecule has 2 aliphatic carbocycles. The van der Waals surface area contributed by atoms with Crippen LogP contribution in [-0.2, 0) is 44.0 Å². The van der Waals surface area contributed by atoms with E-state index >= 15 is 0 Å². The van der Waals surface area contributed by atoms with Gasteiger partial charge in [0.25, 0.3) is 0 Å². The van der Waals surface area contributed by atoms with Gasteiger partial charge in [-0.1, -0.05) is 0 Å². The van der Waals surface area contributed by atoms with Crippen molar-refractivity contribution in [3.63, 3.8) is 0 Å². The van der Waals surface area contributed by atoms with Crippen molar-refractivity contribution in [2.24, 2.45) is 41.2 Å². The first-order chi connectivity index (χ1) is 29.7. The molecule has 0 bridgehead atoms. The molecular weight excluding hydrogens is 910 g/mol. The molecule has 2 aromatic rings. The topological polar surface area (TPSA) is 283 Å². The summed E-state index contributed by atoms with van der Waals surface area (Å²) in [6.45, 7) is 5.82. The van der Waals surface area contributed by atoms with E-state index in [-0.39, 0.29) is 115 Å². The molecule has 64 heavy (non-hydrogen) atoms. The summed E-state index contributed by atoms with van der Waals surface area (Å²) < 4.78 is 126. The normalized spacial score (nSPS) is 23.3. The summed E-state index contributed by atoms with van der Waals surface area (Å²) in [6.07, 6.45) is -1.91. The van der Waals surface area contributed by atoms with Gasteiger partial charge in [0.1, 0.15) is 28.6 Å². The smallest absolute Gasteiger partial charge is 0.481 e. The van der Waals surface area contributed by atoms with Gasteiger partial charge < -0.3 is 35.3 Å². The third kappa shape index (κ3) is 13.4. The van der Waals surface area contributed by atoms with Crippen LogP contribution in [0.25, 0.3) is 0 Å². The first kappa shape index (κ1) is 51.3. The Kier molecular flexibility index (Phi) is 16.6. The predicted molar refractivity (Wildman–Crippen MR) is 209 cm³/mol. The zero-order chi connectivity index (χ0) is 47.9. The van der Waals surface area contributed by atoms with Crippen LogP contribution >= 0.6 is 0 Å². The second-order valence-electron chi connectivity index (χ2n) is 15.9. The summed E-state index contributed by atoms with van der Waals surface area (Å²) in [5.74, 6) is -6.06. The molecule has 4 fully saturated rings. The minimum atomic E-state index is -5.08. The number of fused-ring (bicyclic) bond motifs is 2. The first-order valence-corrected chi connectivity index (χ1v) is 22.0. The molecule has 0 radical (unpaired) electrons. The van der Waals surface area contributed by atoms with Gasteiger partial charge in [0.2, 0.25) is 31.8 Å². The number of nitrogens with two attached hydrogens (primary N) is 1. The lowest BCUT2D eigenvalue weighted by Crippen LogP contribution is -2.32. The van der Waals surface area contributed by atoms with Gasteiger partial charge in [-0.15, -0.1) is 0 Å². The van der Waals surface area contributed by atoms with E-state index in [9.17, 15) is 53.2 Å². The van der Waals surface area contributed by atoms with Crippen LogP contribution in [-0.4, -0.2) is 132 Å². The molecule has 6 rings (SSSR count). The van der Waals surface area contributed by atoms with Crippen LogP contribution in [0.1, 0.15) is 33.6 Å². The Bertz CT molecular complexity index is 2290. The maximum absolute atomic E-state index is 13.1. The van der Waals surface area contributed by atoms with Gasteiger partial charge in [-0.05, 0) is 68.6 Å². The number of carboxylic acids is 3. The maximum Gasteiger partial charge on any atom is 0.490 e. The second-order valence-corrected chi connectivity index (χ2v) is 19.8. The molecule has 2 saturated carbocycles. The molecule has 4 heterocycles. The van der Waals surface area contributed by atoms with Crippen molar-refractivity contribution in [2.75, 3.05) is 45.9 Å². The second kappa shape index (κ2) is 20.7. The van der Waals surface area contributed by atoms with Gasteiger partial charge in [-0.3, -0.25) is 14.4 Å². The Labute approximate surface area is 363 Å². The molecule has 4 aliphatic rings. The molecule has 6 atom stereocenters. The molecule has 0 amide bonds. The van der Waals surface area contributed by atoms with Crippen LogP contribution in [0.2, 0.25) is 0 Å². The molecule has 26 heteroatoms. The number of rotatable bonds is 16. The minimum absolute atomic E-state index is 0.00154. The number of carbonyl (C=O) groups is 4. The number of nitrogens with zero attached hydrogens (tertiary/aromatic N) is 4. The van der Waals surface area contributed by atoms with E-state index in [1.807, 2.05) is 0 Å². The molecule has 0 spiro atoms. The van der Waals surface area contributed by atoms with Gasteiger partial charge in [0, 0.05) is 56.9 Å². The monoisotopic (exact) mass is 955 g/mol. The molecule has 2 unspecified atom stereocenters. The number of hydrogen-bond donors (Lipinski definition) is 4. The third-order valence-electron chi connectivity index (χ3n) is 10.3. The van der Waals surface area contributed by atoms with Gasteiger partial charge >= 0.3 is 30.1 Å². The SMILES string of the molecule is CC(C)(C)OC(=O)CCC(=CF)COc1ccc(S(=O)(=O)N2C[C@@H]3C(C(=O)O)[C@@H]3C2)cn1.NC/C(=C\F)COc1ccc(S(=O)(=O)N2C[C@@H]3C(C(=O)O)[C@@H]3C2)cn1.O=C(O)C(F)(F)F. The van der Waals surface area contributed by atoms with Crippen molar-refractivity contribution in [2.45, 2.75) is 55.2 Å². The number of aliphatic carboxylic acids is 3. The van der Waals surface area contributed by atoms with Crippen LogP contribution in [0.4, 0.5) is 22.0 Å². The van der Waals surface area contributed by atoms with Crippen molar-refractivity contribution < 1.29 is 87.5 Å². The van der Waals surface area contributed by atoms with E-state index in [2.05, 4.69) is 9.97 Å². The maximum atomic E-state index is 13.1. The highest BCUT2D eigenvalue weighted by Gasteiger charge is 2.62. The molecule has 5 N–H and O–H groups in total. The van der Waals surface area contributed by atoms with E-state index < -0.39 is 67.5 Å². The highest BCUT2D eigenvalue weighted by Crippen LogP contribution is 2.53. The Morgan fingerprint density at radius 2 is 1.09 bits per heavy atom. The van der Waals surface area contributed by atoms with Crippen LogP contribution in [0.5, 0.6) is 11.8 Å². The number of ether oxygens (including phenoxy) is 3. The number of hydrogen-bond acceptors (Lipinski definition) is 14. The predicted octanol–water partition coefficient (Wildman–Crippen LogP) is 3.24. The number of sulfonamides is 2. The van der Waals surface area contributed by atoms with Crippen molar-refractivity contribution in [3.05, 3.63) is 60.5 Å². The number of pyridine rings is 2. The number of alkyl halides is 3. The average Bonchev–Trinajstić information content (AvgIpc) is 3.95. The van der Waals surface area contributed by atoms with Gasteiger partial charge in [0.15, 0.2) is 0 Å². The molecule has 0 aromatic carbocycles. The largest absolute Gasteiger partial charge is 0.490 e. The lowest BCUT2D eigenvalue weighted by Gasteiger charge is -2.19. The summed E-state index contributed by atoms with van der Waals surface area (Å²) >= 11 is 0. The van der Waals surface area contributed by atoms with Crippen LogP contribution in [0.15, 0.2) is 70.3 Å².